The maximum atomic E-state index is 12.3. The van der Waals surface area contributed by atoms with Crippen LogP contribution in [0.15, 0.2) is 30.3 Å². The van der Waals surface area contributed by atoms with Gasteiger partial charge in [-0.2, -0.15) is 0 Å². The van der Waals surface area contributed by atoms with E-state index in [9.17, 15) is 9.59 Å². The van der Waals surface area contributed by atoms with Gasteiger partial charge in [0.15, 0.2) is 0 Å². The normalized spacial score (nSPS) is 31.9. The number of rotatable bonds is 1. The maximum absolute atomic E-state index is 12.3. The standard InChI is InChI=1S/C18H24N2O2/c1-13(21)20-15(14-8-4-3-5-9-14)12-18(2)16(20)10-6-7-11-17(22)19-18/h3-5,8-9,15-16H,6-7,10-12H2,1-2H3,(H,19,22)/t15-,16-,18-/m0/s1. The molecule has 0 bridgehead atoms. The Kier molecular flexibility index (Phi) is 3.94. The van der Waals surface area contributed by atoms with Crippen LogP contribution in [-0.2, 0) is 9.59 Å². The Labute approximate surface area is 131 Å². The molecule has 1 N–H and O–H groups in total. The van der Waals surface area contributed by atoms with E-state index in [1.165, 1.54) is 0 Å². The number of nitrogens with zero attached hydrogens (tertiary/aromatic N) is 1. The molecule has 118 valence electrons. The van der Waals surface area contributed by atoms with Gasteiger partial charge in [-0.15, -0.1) is 0 Å². The van der Waals surface area contributed by atoms with Crippen LogP contribution in [-0.4, -0.2) is 28.3 Å². The second-order valence-electron chi connectivity index (χ2n) is 6.78. The highest BCUT2D eigenvalue weighted by Crippen LogP contribution is 2.44. The fourth-order valence-electron chi connectivity index (χ4n) is 4.15. The zero-order valence-corrected chi connectivity index (χ0v) is 13.3. The summed E-state index contributed by atoms with van der Waals surface area (Å²) in [6, 6.07) is 10.3. The molecule has 3 rings (SSSR count). The van der Waals surface area contributed by atoms with Crippen LogP contribution in [0.2, 0.25) is 0 Å². The summed E-state index contributed by atoms with van der Waals surface area (Å²) in [4.78, 5) is 26.4. The predicted octanol–water partition coefficient (Wildman–Crippen LogP) is 2.80. The van der Waals surface area contributed by atoms with Crippen molar-refractivity contribution in [1.82, 2.24) is 10.2 Å². The van der Waals surface area contributed by atoms with Gasteiger partial charge in [-0.25, -0.2) is 0 Å². The van der Waals surface area contributed by atoms with E-state index in [4.69, 9.17) is 0 Å². The number of likely N-dealkylation sites (tertiary alicyclic amines) is 1. The van der Waals surface area contributed by atoms with Crippen LogP contribution in [0.1, 0.15) is 57.6 Å². The predicted molar refractivity (Wildman–Crippen MR) is 85.1 cm³/mol. The molecule has 4 nitrogen and oxygen atoms in total. The van der Waals surface area contributed by atoms with Gasteiger partial charge in [0, 0.05) is 13.3 Å². The van der Waals surface area contributed by atoms with Gasteiger partial charge in [0.1, 0.15) is 0 Å². The van der Waals surface area contributed by atoms with Gasteiger partial charge in [0.25, 0.3) is 0 Å². The topological polar surface area (TPSA) is 49.4 Å². The number of carbonyl (C=O) groups excluding carboxylic acids is 2. The van der Waals surface area contributed by atoms with Gasteiger partial charge in [-0.1, -0.05) is 36.8 Å². The summed E-state index contributed by atoms with van der Waals surface area (Å²) >= 11 is 0. The lowest BCUT2D eigenvalue weighted by atomic mass is 9.85. The number of benzene rings is 1. The van der Waals surface area contributed by atoms with Gasteiger partial charge in [-0.3, -0.25) is 9.59 Å². The summed E-state index contributed by atoms with van der Waals surface area (Å²) < 4.78 is 0. The smallest absolute Gasteiger partial charge is 0.220 e. The van der Waals surface area contributed by atoms with Gasteiger partial charge in [0.2, 0.25) is 11.8 Å². The highest BCUT2D eigenvalue weighted by atomic mass is 16.2. The second-order valence-corrected chi connectivity index (χ2v) is 6.78. The van der Waals surface area contributed by atoms with Crippen LogP contribution in [0.3, 0.4) is 0 Å². The van der Waals surface area contributed by atoms with E-state index >= 15 is 0 Å². The first kappa shape index (κ1) is 15.1. The molecule has 2 fully saturated rings. The number of amides is 2. The molecule has 2 aliphatic rings. The average molecular weight is 300 g/mol. The SMILES string of the molecule is CC(=O)N1[C@H]2CCCCC(=O)N[C@@]2(C)C[C@H]1c1ccccc1. The molecular formula is C18H24N2O2. The minimum atomic E-state index is -0.330. The van der Waals surface area contributed by atoms with Crippen LogP contribution in [0, 0.1) is 0 Å². The number of fused-ring (bicyclic) bond motifs is 1. The minimum absolute atomic E-state index is 0.0482. The van der Waals surface area contributed by atoms with E-state index in [1.807, 2.05) is 23.1 Å². The third kappa shape index (κ3) is 2.62. The van der Waals surface area contributed by atoms with Crippen molar-refractivity contribution >= 4 is 11.8 Å². The Morgan fingerprint density at radius 2 is 2.00 bits per heavy atom. The first-order chi connectivity index (χ1) is 10.5. The third-order valence-corrected chi connectivity index (χ3v) is 5.13. The van der Waals surface area contributed by atoms with Crippen LogP contribution in [0.4, 0.5) is 0 Å². The Morgan fingerprint density at radius 1 is 1.27 bits per heavy atom. The highest BCUT2D eigenvalue weighted by molar-refractivity contribution is 5.78. The molecular weight excluding hydrogens is 276 g/mol. The maximum Gasteiger partial charge on any atom is 0.220 e. The molecule has 0 aliphatic carbocycles. The van der Waals surface area contributed by atoms with E-state index in [2.05, 4.69) is 24.4 Å². The molecule has 2 amide bonds. The van der Waals surface area contributed by atoms with Crippen molar-refractivity contribution in [1.29, 1.82) is 0 Å². The molecule has 0 radical (unpaired) electrons. The summed E-state index contributed by atoms with van der Waals surface area (Å²) in [7, 11) is 0. The summed E-state index contributed by atoms with van der Waals surface area (Å²) in [5, 5.41) is 3.21. The highest BCUT2D eigenvalue weighted by Gasteiger charge is 2.51. The first-order valence-corrected chi connectivity index (χ1v) is 8.16. The van der Waals surface area contributed by atoms with Crippen LogP contribution in [0.25, 0.3) is 0 Å². The number of hydrogen-bond donors (Lipinski definition) is 1. The van der Waals surface area contributed by atoms with Gasteiger partial charge < -0.3 is 10.2 Å². The lowest BCUT2D eigenvalue weighted by molar-refractivity contribution is -0.134. The lowest BCUT2D eigenvalue weighted by Crippen LogP contribution is -2.56. The average Bonchev–Trinajstić information content (AvgIpc) is 2.75. The summed E-state index contributed by atoms with van der Waals surface area (Å²) in [5.41, 5.74) is 0.823. The fourth-order valence-corrected chi connectivity index (χ4v) is 4.15. The largest absolute Gasteiger partial charge is 0.349 e. The Balaban J connectivity index is 1.99. The Hall–Kier alpha value is -1.84. The quantitative estimate of drug-likeness (QED) is 0.867. The molecule has 0 saturated carbocycles. The minimum Gasteiger partial charge on any atom is -0.349 e. The Morgan fingerprint density at radius 3 is 2.68 bits per heavy atom. The molecule has 0 aromatic heterocycles. The van der Waals surface area contributed by atoms with Crippen molar-refractivity contribution in [3.8, 4) is 0 Å². The lowest BCUT2D eigenvalue weighted by Gasteiger charge is -2.37. The van der Waals surface area contributed by atoms with Crippen molar-refractivity contribution in [2.24, 2.45) is 0 Å². The van der Waals surface area contributed by atoms with Crippen molar-refractivity contribution in [3.05, 3.63) is 35.9 Å². The van der Waals surface area contributed by atoms with Crippen molar-refractivity contribution in [2.45, 2.75) is 63.6 Å². The van der Waals surface area contributed by atoms with Crippen molar-refractivity contribution in [2.75, 3.05) is 0 Å². The zero-order valence-electron chi connectivity index (χ0n) is 13.3. The van der Waals surface area contributed by atoms with Crippen LogP contribution in [0.5, 0.6) is 0 Å². The van der Waals surface area contributed by atoms with E-state index in [1.54, 1.807) is 6.92 Å². The first-order valence-electron chi connectivity index (χ1n) is 8.16. The second kappa shape index (κ2) is 5.75. The van der Waals surface area contributed by atoms with Gasteiger partial charge in [0.05, 0.1) is 17.6 Å². The molecule has 1 aromatic carbocycles. The fraction of sp³-hybridized carbons (Fsp3) is 0.556. The van der Waals surface area contributed by atoms with E-state index in [-0.39, 0.29) is 29.4 Å². The third-order valence-electron chi connectivity index (χ3n) is 5.13. The molecule has 2 heterocycles. The van der Waals surface area contributed by atoms with Crippen molar-refractivity contribution in [3.63, 3.8) is 0 Å². The molecule has 2 saturated heterocycles. The molecule has 0 unspecified atom stereocenters. The number of nitrogens with one attached hydrogen (secondary N) is 1. The van der Waals surface area contributed by atoms with E-state index in [0.29, 0.717) is 6.42 Å². The molecule has 4 heteroatoms. The number of hydrogen-bond acceptors (Lipinski definition) is 2. The van der Waals surface area contributed by atoms with Gasteiger partial charge >= 0.3 is 0 Å². The zero-order chi connectivity index (χ0) is 15.7. The molecule has 2 aliphatic heterocycles. The Bertz CT molecular complexity index is 572. The summed E-state index contributed by atoms with van der Waals surface area (Å²) in [6.45, 7) is 3.74. The monoisotopic (exact) mass is 300 g/mol. The molecule has 3 atom stereocenters. The molecule has 1 aromatic rings. The number of carbonyl (C=O) groups is 2. The van der Waals surface area contributed by atoms with Crippen LogP contribution >= 0.6 is 0 Å². The molecule has 0 spiro atoms. The van der Waals surface area contributed by atoms with E-state index < -0.39 is 0 Å². The van der Waals surface area contributed by atoms with Crippen LogP contribution < -0.4 is 5.32 Å². The van der Waals surface area contributed by atoms with Crippen molar-refractivity contribution < 1.29 is 9.59 Å². The van der Waals surface area contributed by atoms with Gasteiger partial charge in [-0.05, 0) is 31.7 Å². The summed E-state index contributed by atoms with van der Waals surface area (Å²) in [6.07, 6.45) is 4.24. The summed E-state index contributed by atoms with van der Waals surface area (Å²) in [5.74, 6) is 0.210. The van der Waals surface area contributed by atoms with E-state index in [0.717, 1.165) is 31.2 Å². The molecule has 22 heavy (non-hydrogen) atoms.